The summed E-state index contributed by atoms with van der Waals surface area (Å²) in [7, 11) is 0. The van der Waals surface area contributed by atoms with Crippen molar-refractivity contribution in [2.45, 2.75) is 38.0 Å². The Bertz CT molecular complexity index is 579. The Hall–Kier alpha value is -0.930. The van der Waals surface area contributed by atoms with Crippen LogP contribution in [0.5, 0.6) is 0 Å². The molecule has 0 aliphatic heterocycles. The lowest BCUT2D eigenvalue weighted by Crippen LogP contribution is -2.07. The maximum absolute atomic E-state index is 13.6. The minimum atomic E-state index is -0.539. The molecule has 1 aromatic carbocycles. The molecule has 4 heteroatoms. The predicted octanol–water partition coefficient (Wildman–Crippen LogP) is 5.85. The highest BCUT2D eigenvalue weighted by Crippen LogP contribution is 2.36. The molecule has 0 amide bonds. The van der Waals surface area contributed by atoms with E-state index in [-0.39, 0.29) is 17.4 Å². The van der Waals surface area contributed by atoms with Gasteiger partial charge in [-0.2, -0.15) is 0 Å². The molecule has 1 atom stereocenters. The molecule has 108 valence electrons. The first-order valence-electron chi connectivity index (χ1n) is 6.46. The van der Waals surface area contributed by atoms with E-state index in [1.807, 2.05) is 12.1 Å². The van der Waals surface area contributed by atoms with Gasteiger partial charge in [-0.05, 0) is 36.1 Å². The summed E-state index contributed by atoms with van der Waals surface area (Å²) in [5.41, 5.74) is 0.112. The summed E-state index contributed by atoms with van der Waals surface area (Å²) in [6.45, 7) is 6.38. The van der Waals surface area contributed by atoms with Crippen LogP contribution in [0.2, 0.25) is 0 Å². The minimum absolute atomic E-state index is 0.0539. The topological polar surface area (TPSA) is 0 Å². The second-order valence-electron chi connectivity index (χ2n) is 5.82. The van der Waals surface area contributed by atoms with Crippen molar-refractivity contribution in [1.29, 1.82) is 0 Å². The SMILES string of the molecule is CC(C)(C)c1ccc(C(Cl)Cc2c(F)cccc2F)s1. The highest BCUT2D eigenvalue weighted by molar-refractivity contribution is 7.12. The fourth-order valence-corrected chi connectivity index (χ4v) is 3.34. The Balaban J connectivity index is 2.20. The van der Waals surface area contributed by atoms with Gasteiger partial charge in [-0.1, -0.05) is 26.8 Å². The standard InChI is InChI=1S/C16H17ClF2S/c1-16(2,3)15-8-7-14(20-15)11(17)9-10-12(18)5-4-6-13(10)19/h4-8,11H,9H2,1-3H3. The van der Waals surface area contributed by atoms with Gasteiger partial charge in [0.1, 0.15) is 11.6 Å². The normalized spacial score (nSPS) is 13.5. The largest absolute Gasteiger partial charge is 0.207 e. The molecule has 1 unspecified atom stereocenters. The molecule has 0 aliphatic rings. The van der Waals surface area contributed by atoms with Crippen LogP contribution in [0, 0.1) is 11.6 Å². The molecule has 1 heterocycles. The number of thiophene rings is 1. The summed E-state index contributed by atoms with van der Waals surface area (Å²) >= 11 is 7.93. The van der Waals surface area contributed by atoms with Gasteiger partial charge in [-0.15, -0.1) is 22.9 Å². The molecule has 0 saturated carbocycles. The van der Waals surface area contributed by atoms with Crippen LogP contribution in [0.3, 0.4) is 0 Å². The van der Waals surface area contributed by atoms with Crippen LogP contribution in [-0.2, 0) is 11.8 Å². The molecule has 0 radical (unpaired) electrons. The Morgan fingerprint density at radius 2 is 1.70 bits per heavy atom. The molecular formula is C16H17ClF2S. The maximum Gasteiger partial charge on any atom is 0.129 e. The fraction of sp³-hybridized carbons (Fsp3) is 0.375. The first-order valence-corrected chi connectivity index (χ1v) is 7.71. The van der Waals surface area contributed by atoms with Crippen molar-refractivity contribution in [3.8, 4) is 0 Å². The summed E-state index contributed by atoms with van der Waals surface area (Å²) in [5, 5.41) is -0.414. The van der Waals surface area contributed by atoms with Gasteiger partial charge in [0.25, 0.3) is 0 Å². The maximum atomic E-state index is 13.6. The summed E-state index contributed by atoms with van der Waals surface area (Å²) in [6.07, 6.45) is 0.157. The van der Waals surface area contributed by atoms with E-state index in [1.54, 1.807) is 11.3 Å². The summed E-state index contributed by atoms with van der Waals surface area (Å²) < 4.78 is 27.3. The summed E-state index contributed by atoms with van der Waals surface area (Å²) in [5.74, 6) is -1.08. The number of halogens is 3. The first-order chi connectivity index (χ1) is 9.29. The van der Waals surface area contributed by atoms with Gasteiger partial charge in [0.15, 0.2) is 0 Å². The Morgan fingerprint density at radius 3 is 2.20 bits per heavy atom. The van der Waals surface area contributed by atoms with Crippen molar-refractivity contribution in [1.82, 2.24) is 0 Å². The number of benzene rings is 1. The number of alkyl halides is 1. The van der Waals surface area contributed by atoms with Crippen molar-refractivity contribution in [2.75, 3.05) is 0 Å². The smallest absolute Gasteiger partial charge is 0.129 e. The molecular weight excluding hydrogens is 298 g/mol. The second kappa shape index (κ2) is 5.82. The van der Waals surface area contributed by atoms with Crippen molar-refractivity contribution in [3.05, 3.63) is 57.3 Å². The Morgan fingerprint density at radius 1 is 1.10 bits per heavy atom. The molecule has 0 N–H and O–H groups in total. The van der Waals surface area contributed by atoms with Crippen LogP contribution < -0.4 is 0 Å². The number of hydrogen-bond acceptors (Lipinski definition) is 1. The van der Waals surface area contributed by atoms with E-state index < -0.39 is 17.0 Å². The van der Waals surface area contributed by atoms with Crippen LogP contribution >= 0.6 is 22.9 Å². The van der Waals surface area contributed by atoms with Crippen molar-refractivity contribution < 1.29 is 8.78 Å². The van der Waals surface area contributed by atoms with Crippen LogP contribution in [0.4, 0.5) is 8.78 Å². The van der Waals surface area contributed by atoms with E-state index in [1.165, 1.54) is 23.1 Å². The zero-order valence-electron chi connectivity index (χ0n) is 11.7. The molecule has 0 aliphatic carbocycles. The van der Waals surface area contributed by atoms with Crippen LogP contribution in [0.15, 0.2) is 30.3 Å². The van der Waals surface area contributed by atoms with Crippen LogP contribution in [-0.4, -0.2) is 0 Å². The van der Waals surface area contributed by atoms with E-state index in [0.717, 1.165) is 4.88 Å². The van der Waals surface area contributed by atoms with Gasteiger partial charge in [0, 0.05) is 15.3 Å². The first kappa shape index (κ1) is 15.5. The molecule has 0 saturated heterocycles. The van der Waals surface area contributed by atoms with Gasteiger partial charge >= 0.3 is 0 Å². The molecule has 2 aromatic rings. The van der Waals surface area contributed by atoms with E-state index in [4.69, 9.17) is 11.6 Å². The molecule has 0 spiro atoms. The molecule has 2 rings (SSSR count). The lowest BCUT2D eigenvalue weighted by atomic mass is 9.95. The van der Waals surface area contributed by atoms with Crippen molar-refractivity contribution in [3.63, 3.8) is 0 Å². The molecule has 0 nitrogen and oxygen atoms in total. The van der Waals surface area contributed by atoms with Crippen molar-refractivity contribution in [2.24, 2.45) is 0 Å². The van der Waals surface area contributed by atoms with Gasteiger partial charge in [0.05, 0.1) is 5.38 Å². The van der Waals surface area contributed by atoms with E-state index >= 15 is 0 Å². The minimum Gasteiger partial charge on any atom is -0.207 e. The molecule has 0 bridgehead atoms. The average Bonchev–Trinajstić information content (AvgIpc) is 2.83. The Labute approximate surface area is 127 Å². The van der Waals surface area contributed by atoms with E-state index in [2.05, 4.69) is 20.8 Å². The van der Waals surface area contributed by atoms with Gasteiger partial charge < -0.3 is 0 Å². The van der Waals surface area contributed by atoms with Gasteiger partial charge in [0.2, 0.25) is 0 Å². The monoisotopic (exact) mass is 314 g/mol. The second-order valence-corrected chi connectivity index (χ2v) is 7.47. The predicted molar refractivity (Wildman–Crippen MR) is 81.7 cm³/mol. The van der Waals surface area contributed by atoms with Crippen LogP contribution in [0.25, 0.3) is 0 Å². The molecule has 0 fully saturated rings. The number of hydrogen-bond donors (Lipinski definition) is 0. The zero-order valence-corrected chi connectivity index (χ0v) is 13.3. The van der Waals surface area contributed by atoms with Gasteiger partial charge in [-0.3, -0.25) is 0 Å². The third-order valence-corrected chi connectivity index (χ3v) is 5.26. The zero-order chi connectivity index (χ0) is 14.9. The molecule has 20 heavy (non-hydrogen) atoms. The fourth-order valence-electron chi connectivity index (χ4n) is 1.93. The third kappa shape index (κ3) is 3.39. The third-order valence-electron chi connectivity index (χ3n) is 3.12. The summed E-state index contributed by atoms with van der Waals surface area (Å²) in [6, 6.07) is 7.86. The van der Waals surface area contributed by atoms with Crippen LogP contribution in [0.1, 0.15) is 41.5 Å². The van der Waals surface area contributed by atoms with E-state index in [0.29, 0.717) is 0 Å². The quantitative estimate of drug-likeness (QED) is 0.624. The van der Waals surface area contributed by atoms with E-state index in [9.17, 15) is 8.78 Å². The lowest BCUT2D eigenvalue weighted by Gasteiger charge is -2.15. The highest BCUT2D eigenvalue weighted by atomic mass is 35.5. The highest BCUT2D eigenvalue weighted by Gasteiger charge is 2.20. The summed E-state index contributed by atoms with van der Waals surface area (Å²) in [4.78, 5) is 2.16. The van der Waals surface area contributed by atoms with Gasteiger partial charge in [-0.25, -0.2) is 8.78 Å². The Kier molecular flexibility index (Phi) is 4.50. The van der Waals surface area contributed by atoms with Crippen molar-refractivity contribution >= 4 is 22.9 Å². The molecule has 1 aromatic heterocycles. The number of rotatable bonds is 3. The average molecular weight is 315 g/mol. The lowest BCUT2D eigenvalue weighted by molar-refractivity contribution is 0.553.